The molecule has 0 aliphatic heterocycles. The smallest absolute Gasteiger partial charge is 0.413 e. The Morgan fingerprint density at radius 1 is 1.13 bits per heavy atom. The molecule has 3 aromatic rings. The fourth-order valence-electron chi connectivity index (χ4n) is 3.43. The number of nitrogens with zero attached hydrogens (tertiary/aromatic N) is 5. The van der Waals surface area contributed by atoms with Crippen molar-refractivity contribution in [3.63, 3.8) is 0 Å². The monoisotopic (exact) mass is 542 g/mol. The molecule has 0 bridgehead atoms. The predicted molar refractivity (Wildman–Crippen MR) is 138 cm³/mol. The lowest BCUT2D eigenvalue weighted by Gasteiger charge is -2.28. The molecular weight excluding hydrogens is 512 g/mol. The van der Waals surface area contributed by atoms with E-state index in [4.69, 9.17) is 15.2 Å². The van der Waals surface area contributed by atoms with Crippen molar-refractivity contribution in [3.05, 3.63) is 42.2 Å². The number of nitrogen functional groups attached to an aromatic ring is 1. The summed E-state index contributed by atoms with van der Waals surface area (Å²) in [4.78, 5) is 62.0. The van der Waals surface area contributed by atoms with E-state index in [-0.39, 0.29) is 36.1 Å². The first kappa shape index (κ1) is 28.6. The molecule has 0 aliphatic rings. The number of imidazole rings is 1. The SMILES string of the molecule is CC(=O)N(CC(=O)O)CC(NC(=O)OC(C)(C)C)n1cnc2c(NC(=O)OCc3ccccc3)nc(N)nc21. The maximum Gasteiger partial charge on any atom is 0.413 e. The van der Waals surface area contributed by atoms with Crippen molar-refractivity contribution in [3.8, 4) is 0 Å². The number of carbonyl (C=O) groups excluding carboxylic acids is 3. The molecular formula is C24H30N8O7. The van der Waals surface area contributed by atoms with Gasteiger partial charge in [0.15, 0.2) is 17.0 Å². The van der Waals surface area contributed by atoms with E-state index < -0.39 is 42.4 Å². The van der Waals surface area contributed by atoms with Crippen molar-refractivity contribution >= 4 is 47.0 Å². The third-order valence-corrected chi connectivity index (χ3v) is 5.06. The topological polar surface area (TPSA) is 204 Å². The molecule has 0 radical (unpaired) electrons. The Balaban J connectivity index is 1.92. The van der Waals surface area contributed by atoms with Gasteiger partial charge in [0.1, 0.15) is 24.9 Å². The molecule has 2 aromatic heterocycles. The van der Waals surface area contributed by atoms with Crippen LogP contribution in [0, 0.1) is 0 Å². The molecule has 15 nitrogen and oxygen atoms in total. The van der Waals surface area contributed by atoms with Gasteiger partial charge in [-0.05, 0) is 26.3 Å². The number of hydrogen-bond acceptors (Lipinski definition) is 10. The number of fused-ring (bicyclic) bond motifs is 1. The second-order valence-corrected chi connectivity index (χ2v) is 9.40. The molecule has 0 fully saturated rings. The Hall–Kier alpha value is -4.95. The molecule has 0 saturated carbocycles. The molecule has 2 heterocycles. The summed E-state index contributed by atoms with van der Waals surface area (Å²) in [6.45, 7) is 5.32. The molecule has 1 aromatic carbocycles. The summed E-state index contributed by atoms with van der Waals surface area (Å²) in [6, 6.07) is 9.04. The lowest BCUT2D eigenvalue weighted by atomic mass is 10.2. The van der Waals surface area contributed by atoms with Crippen LogP contribution < -0.4 is 16.4 Å². The zero-order valence-corrected chi connectivity index (χ0v) is 21.9. The van der Waals surface area contributed by atoms with E-state index in [1.807, 2.05) is 18.2 Å². The summed E-state index contributed by atoms with van der Waals surface area (Å²) < 4.78 is 11.9. The van der Waals surface area contributed by atoms with Crippen LogP contribution in [-0.2, 0) is 25.7 Å². The number of aliphatic carboxylic acids is 1. The molecule has 15 heteroatoms. The highest BCUT2D eigenvalue weighted by molar-refractivity contribution is 5.94. The minimum atomic E-state index is -1.25. The summed E-state index contributed by atoms with van der Waals surface area (Å²) >= 11 is 0. The molecule has 208 valence electrons. The van der Waals surface area contributed by atoms with Gasteiger partial charge in [-0.3, -0.25) is 24.8 Å². The highest BCUT2D eigenvalue weighted by Gasteiger charge is 2.27. The fraction of sp³-hybridized carbons (Fsp3) is 0.375. The number of alkyl carbamates (subject to hydrolysis) is 1. The fourth-order valence-corrected chi connectivity index (χ4v) is 3.43. The molecule has 1 atom stereocenters. The summed E-state index contributed by atoms with van der Waals surface area (Å²) in [5, 5.41) is 14.3. The van der Waals surface area contributed by atoms with Crippen LogP contribution in [0.1, 0.15) is 39.4 Å². The third-order valence-electron chi connectivity index (χ3n) is 5.06. The zero-order chi connectivity index (χ0) is 28.7. The van der Waals surface area contributed by atoms with Gasteiger partial charge in [-0.15, -0.1) is 0 Å². The number of nitrogens with two attached hydrogens (primary N) is 1. The van der Waals surface area contributed by atoms with E-state index in [1.54, 1.807) is 32.9 Å². The number of carbonyl (C=O) groups is 4. The molecule has 3 rings (SSSR count). The Morgan fingerprint density at radius 2 is 1.82 bits per heavy atom. The van der Waals surface area contributed by atoms with Crippen LogP contribution in [0.15, 0.2) is 36.7 Å². The number of anilines is 2. The molecule has 39 heavy (non-hydrogen) atoms. The second-order valence-electron chi connectivity index (χ2n) is 9.40. The number of carboxylic acids is 1. The Labute approximate surface area is 223 Å². The van der Waals surface area contributed by atoms with Crippen molar-refractivity contribution in [1.82, 2.24) is 29.7 Å². The first-order valence-corrected chi connectivity index (χ1v) is 11.8. The summed E-state index contributed by atoms with van der Waals surface area (Å²) in [7, 11) is 0. The second kappa shape index (κ2) is 12.1. The van der Waals surface area contributed by atoms with E-state index in [0.717, 1.165) is 10.5 Å². The third kappa shape index (κ3) is 8.28. The molecule has 1 unspecified atom stereocenters. The average molecular weight is 543 g/mol. The van der Waals surface area contributed by atoms with Gasteiger partial charge in [0.2, 0.25) is 11.9 Å². The predicted octanol–water partition coefficient (Wildman–Crippen LogP) is 2.11. The molecule has 5 N–H and O–H groups in total. The van der Waals surface area contributed by atoms with E-state index in [1.165, 1.54) is 17.8 Å². The lowest BCUT2D eigenvalue weighted by Crippen LogP contribution is -2.45. The Bertz CT molecular complexity index is 1350. The number of amides is 3. The standard InChI is InChI=1S/C24H30N8O7/c1-14(33)31(11-17(34)35)10-16(27-23(37)39-24(2,3)4)32-13-26-18-19(28-21(25)30-20(18)32)29-22(36)38-12-15-8-6-5-7-9-15/h5-9,13,16H,10-12H2,1-4H3,(H,27,37)(H,34,35)(H3,25,28,29,30,36). The Morgan fingerprint density at radius 3 is 2.44 bits per heavy atom. The molecule has 0 spiro atoms. The van der Waals surface area contributed by atoms with Crippen LogP contribution in [0.3, 0.4) is 0 Å². The van der Waals surface area contributed by atoms with Gasteiger partial charge >= 0.3 is 18.2 Å². The van der Waals surface area contributed by atoms with Crippen molar-refractivity contribution < 1.29 is 33.8 Å². The van der Waals surface area contributed by atoms with Crippen LogP contribution in [0.4, 0.5) is 21.4 Å². The van der Waals surface area contributed by atoms with Crippen LogP contribution in [0.5, 0.6) is 0 Å². The summed E-state index contributed by atoms with van der Waals surface area (Å²) in [5.41, 5.74) is 6.01. The first-order valence-electron chi connectivity index (χ1n) is 11.8. The van der Waals surface area contributed by atoms with Gasteiger partial charge in [0, 0.05) is 6.92 Å². The zero-order valence-electron chi connectivity index (χ0n) is 21.9. The summed E-state index contributed by atoms with van der Waals surface area (Å²) in [5.74, 6) is -2.08. The van der Waals surface area contributed by atoms with Gasteiger partial charge in [-0.25, -0.2) is 14.6 Å². The minimum absolute atomic E-state index is 0.0111. The summed E-state index contributed by atoms with van der Waals surface area (Å²) in [6.07, 6.45) is -1.46. The van der Waals surface area contributed by atoms with E-state index in [0.29, 0.717) is 0 Å². The van der Waals surface area contributed by atoms with Crippen LogP contribution in [-0.4, -0.2) is 72.3 Å². The van der Waals surface area contributed by atoms with E-state index in [2.05, 4.69) is 25.6 Å². The molecule has 3 amide bonds. The highest BCUT2D eigenvalue weighted by Crippen LogP contribution is 2.23. The van der Waals surface area contributed by atoms with Crippen LogP contribution in [0.25, 0.3) is 11.2 Å². The number of benzene rings is 1. The van der Waals surface area contributed by atoms with Gasteiger partial charge in [-0.1, -0.05) is 30.3 Å². The number of carboxylic acid groups (broad SMARTS) is 1. The average Bonchev–Trinajstić information content (AvgIpc) is 3.25. The Kier molecular flexibility index (Phi) is 8.85. The van der Waals surface area contributed by atoms with Crippen molar-refractivity contribution in [2.24, 2.45) is 0 Å². The van der Waals surface area contributed by atoms with Crippen molar-refractivity contribution in [1.29, 1.82) is 0 Å². The van der Waals surface area contributed by atoms with Crippen molar-refractivity contribution in [2.75, 3.05) is 24.1 Å². The number of aromatic nitrogens is 4. The maximum atomic E-state index is 12.6. The molecule has 0 saturated heterocycles. The number of nitrogens with one attached hydrogen (secondary N) is 2. The minimum Gasteiger partial charge on any atom is -0.480 e. The first-order chi connectivity index (χ1) is 18.3. The maximum absolute atomic E-state index is 12.6. The van der Waals surface area contributed by atoms with Gasteiger partial charge < -0.3 is 25.2 Å². The van der Waals surface area contributed by atoms with Gasteiger partial charge in [0.05, 0.1) is 12.9 Å². The van der Waals surface area contributed by atoms with Gasteiger partial charge in [0.25, 0.3) is 0 Å². The van der Waals surface area contributed by atoms with Crippen molar-refractivity contribution in [2.45, 2.75) is 46.1 Å². The normalized spacial score (nSPS) is 11.9. The highest BCUT2D eigenvalue weighted by atomic mass is 16.6. The quantitative estimate of drug-likeness (QED) is 0.308. The number of rotatable bonds is 9. The number of hydrogen-bond donors (Lipinski definition) is 4. The van der Waals surface area contributed by atoms with Crippen LogP contribution in [0.2, 0.25) is 0 Å². The van der Waals surface area contributed by atoms with E-state index >= 15 is 0 Å². The van der Waals surface area contributed by atoms with Crippen LogP contribution >= 0.6 is 0 Å². The molecule has 0 aliphatic carbocycles. The van der Waals surface area contributed by atoms with Gasteiger partial charge in [-0.2, -0.15) is 9.97 Å². The lowest BCUT2D eigenvalue weighted by molar-refractivity contribution is -0.144. The van der Waals surface area contributed by atoms with E-state index in [9.17, 15) is 24.3 Å². The number of ether oxygens (including phenoxy) is 2. The largest absolute Gasteiger partial charge is 0.480 e.